The van der Waals surface area contributed by atoms with E-state index in [0.717, 1.165) is 0 Å². The second kappa shape index (κ2) is 6.37. The third-order valence-corrected chi connectivity index (χ3v) is 3.54. The molecule has 0 atom stereocenters. The van der Waals surface area contributed by atoms with E-state index < -0.39 is 4.92 Å². The maximum absolute atomic E-state index is 12.4. The van der Waals surface area contributed by atoms with E-state index >= 15 is 0 Å². The van der Waals surface area contributed by atoms with Gasteiger partial charge in [0.25, 0.3) is 5.69 Å². The largest absolute Gasteiger partial charge is 0.497 e. The van der Waals surface area contributed by atoms with Crippen molar-refractivity contribution >= 4 is 11.5 Å². The molecule has 6 heteroatoms. The second-order valence-electron chi connectivity index (χ2n) is 5.03. The molecule has 0 aliphatic rings. The number of hydrogen-bond donors (Lipinski definition) is 0. The Labute approximate surface area is 137 Å². The molecule has 0 spiro atoms. The van der Waals surface area contributed by atoms with E-state index in [-0.39, 0.29) is 17.2 Å². The molecule has 6 nitrogen and oxygen atoms in total. The van der Waals surface area contributed by atoms with Gasteiger partial charge in [-0.3, -0.25) is 14.9 Å². The molecule has 0 aliphatic heterocycles. The Morgan fingerprint density at radius 3 is 2.25 bits per heavy atom. The zero-order valence-electron chi connectivity index (χ0n) is 12.8. The summed E-state index contributed by atoms with van der Waals surface area (Å²) in [7, 11) is 1.56. The highest BCUT2D eigenvalue weighted by Gasteiger charge is 2.15. The summed E-state index contributed by atoms with van der Waals surface area (Å²) in [5.74, 6) is 1.10. The summed E-state index contributed by atoms with van der Waals surface area (Å²) < 4.78 is 10.7. The number of ether oxygens (including phenoxy) is 1. The van der Waals surface area contributed by atoms with Crippen molar-refractivity contribution in [3.63, 3.8) is 0 Å². The van der Waals surface area contributed by atoms with Crippen LogP contribution in [-0.4, -0.2) is 17.8 Å². The van der Waals surface area contributed by atoms with Crippen LogP contribution >= 0.6 is 0 Å². The highest BCUT2D eigenvalue weighted by molar-refractivity contribution is 6.07. The zero-order chi connectivity index (χ0) is 17.1. The minimum atomic E-state index is -0.468. The summed E-state index contributed by atoms with van der Waals surface area (Å²) in [5, 5.41) is 10.7. The van der Waals surface area contributed by atoms with Crippen LogP contribution < -0.4 is 4.74 Å². The van der Waals surface area contributed by atoms with E-state index in [1.165, 1.54) is 12.1 Å². The molecular formula is C18H13NO5. The highest BCUT2D eigenvalue weighted by atomic mass is 16.6. The van der Waals surface area contributed by atoms with Crippen molar-refractivity contribution < 1.29 is 18.9 Å². The number of methoxy groups -OCH3 is 1. The minimum absolute atomic E-state index is 0.000149. The Hall–Kier alpha value is -3.41. The van der Waals surface area contributed by atoms with Gasteiger partial charge in [-0.05, 0) is 48.5 Å². The van der Waals surface area contributed by atoms with Crippen LogP contribution in [0.5, 0.6) is 5.75 Å². The van der Waals surface area contributed by atoms with E-state index in [1.54, 1.807) is 55.6 Å². The van der Waals surface area contributed by atoms with Crippen molar-refractivity contribution in [1.82, 2.24) is 0 Å². The van der Waals surface area contributed by atoms with Crippen molar-refractivity contribution in [2.75, 3.05) is 7.11 Å². The van der Waals surface area contributed by atoms with Gasteiger partial charge in [-0.25, -0.2) is 0 Å². The number of carbonyl (C=O) groups is 1. The fourth-order valence-electron chi connectivity index (χ4n) is 2.25. The first-order valence-corrected chi connectivity index (χ1v) is 7.12. The quantitative estimate of drug-likeness (QED) is 0.401. The molecular weight excluding hydrogens is 310 g/mol. The van der Waals surface area contributed by atoms with Gasteiger partial charge in [0, 0.05) is 23.3 Å². The molecule has 2 aromatic carbocycles. The lowest BCUT2D eigenvalue weighted by atomic mass is 10.1. The second-order valence-corrected chi connectivity index (χ2v) is 5.03. The zero-order valence-corrected chi connectivity index (χ0v) is 12.8. The van der Waals surface area contributed by atoms with Crippen LogP contribution in [0.3, 0.4) is 0 Å². The number of rotatable bonds is 5. The fourth-order valence-corrected chi connectivity index (χ4v) is 2.25. The Kier molecular flexibility index (Phi) is 4.11. The van der Waals surface area contributed by atoms with E-state index in [1.807, 2.05) is 0 Å². The molecule has 3 rings (SSSR count). The molecule has 0 fully saturated rings. The molecule has 0 aliphatic carbocycles. The molecule has 0 N–H and O–H groups in total. The predicted octanol–water partition coefficient (Wildman–Crippen LogP) is 4.09. The molecule has 0 radical (unpaired) electrons. The third-order valence-electron chi connectivity index (χ3n) is 3.54. The van der Waals surface area contributed by atoms with Crippen LogP contribution in [0.15, 0.2) is 65.1 Å². The summed E-state index contributed by atoms with van der Waals surface area (Å²) in [6, 6.07) is 15.9. The number of furan rings is 1. The van der Waals surface area contributed by atoms with Gasteiger partial charge in [0.15, 0.2) is 5.76 Å². The Balaban J connectivity index is 1.83. The number of carbonyl (C=O) groups excluding carboxylic acids is 1. The van der Waals surface area contributed by atoms with Crippen molar-refractivity contribution in [2.45, 2.75) is 0 Å². The maximum atomic E-state index is 12.4. The van der Waals surface area contributed by atoms with Gasteiger partial charge < -0.3 is 9.15 Å². The number of hydrogen-bond acceptors (Lipinski definition) is 5. The number of nitro groups is 1. The molecule has 24 heavy (non-hydrogen) atoms. The predicted molar refractivity (Wildman–Crippen MR) is 87.2 cm³/mol. The van der Waals surface area contributed by atoms with Crippen LogP contribution in [0.2, 0.25) is 0 Å². The summed E-state index contributed by atoms with van der Waals surface area (Å²) >= 11 is 0. The first kappa shape index (κ1) is 15.5. The van der Waals surface area contributed by atoms with Crippen LogP contribution in [-0.2, 0) is 0 Å². The van der Waals surface area contributed by atoms with Gasteiger partial charge in [-0.15, -0.1) is 0 Å². The van der Waals surface area contributed by atoms with Crippen molar-refractivity contribution in [3.8, 4) is 17.1 Å². The number of nitrogens with zero attached hydrogens (tertiary/aromatic N) is 1. The number of ketones is 1. The van der Waals surface area contributed by atoms with Gasteiger partial charge in [-0.2, -0.15) is 0 Å². The molecule has 0 unspecified atom stereocenters. The van der Waals surface area contributed by atoms with Crippen LogP contribution in [0, 0.1) is 10.1 Å². The average Bonchev–Trinajstić information content (AvgIpc) is 3.11. The Morgan fingerprint density at radius 1 is 1.00 bits per heavy atom. The smallest absolute Gasteiger partial charge is 0.269 e. The van der Waals surface area contributed by atoms with Gasteiger partial charge >= 0.3 is 0 Å². The van der Waals surface area contributed by atoms with Crippen molar-refractivity contribution in [3.05, 3.63) is 82.1 Å². The van der Waals surface area contributed by atoms with Crippen molar-refractivity contribution in [1.29, 1.82) is 0 Å². The summed E-state index contributed by atoms with van der Waals surface area (Å²) in [6.07, 6.45) is 0. The number of non-ortho nitro benzene ring substituents is 1. The molecule has 0 saturated heterocycles. The highest BCUT2D eigenvalue weighted by Crippen LogP contribution is 2.26. The molecule has 1 aromatic heterocycles. The first-order valence-electron chi connectivity index (χ1n) is 7.12. The van der Waals surface area contributed by atoms with Crippen molar-refractivity contribution in [2.24, 2.45) is 0 Å². The lowest BCUT2D eigenvalue weighted by Crippen LogP contribution is -1.99. The summed E-state index contributed by atoms with van der Waals surface area (Å²) in [5.41, 5.74) is 1.15. The van der Waals surface area contributed by atoms with Gasteiger partial charge in [0.2, 0.25) is 5.78 Å². The van der Waals surface area contributed by atoms with E-state index in [9.17, 15) is 14.9 Å². The molecule has 0 bridgehead atoms. The van der Waals surface area contributed by atoms with Crippen LogP contribution in [0.4, 0.5) is 5.69 Å². The normalized spacial score (nSPS) is 10.4. The van der Waals surface area contributed by atoms with E-state index in [0.29, 0.717) is 22.6 Å². The average molecular weight is 323 g/mol. The standard InChI is InChI=1S/C18H13NO5/c1-23-15-8-4-13(5-9-15)18(20)17-11-10-16(24-17)12-2-6-14(7-3-12)19(21)22/h2-11H,1H3. The number of benzene rings is 2. The lowest BCUT2D eigenvalue weighted by Gasteiger charge is -2.01. The SMILES string of the molecule is COc1ccc(C(=O)c2ccc(-c3ccc([N+](=O)[O-])cc3)o2)cc1. The number of nitro benzene ring substituents is 1. The summed E-state index contributed by atoms with van der Waals surface area (Å²) in [4.78, 5) is 22.6. The Bertz CT molecular complexity index is 879. The monoisotopic (exact) mass is 323 g/mol. The molecule has 120 valence electrons. The van der Waals surface area contributed by atoms with Gasteiger partial charge in [-0.1, -0.05) is 0 Å². The Morgan fingerprint density at radius 2 is 1.67 bits per heavy atom. The molecule has 0 amide bonds. The molecule has 0 saturated carbocycles. The van der Waals surface area contributed by atoms with Gasteiger partial charge in [0.1, 0.15) is 11.5 Å². The third kappa shape index (κ3) is 3.03. The van der Waals surface area contributed by atoms with Crippen LogP contribution in [0.1, 0.15) is 16.1 Å². The molecule has 3 aromatic rings. The lowest BCUT2D eigenvalue weighted by molar-refractivity contribution is -0.384. The maximum Gasteiger partial charge on any atom is 0.269 e. The van der Waals surface area contributed by atoms with E-state index in [2.05, 4.69) is 0 Å². The topological polar surface area (TPSA) is 82.6 Å². The van der Waals surface area contributed by atoms with Crippen LogP contribution in [0.25, 0.3) is 11.3 Å². The van der Waals surface area contributed by atoms with E-state index in [4.69, 9.17) is 9.15 Å². The fraction of sp³-hybridized carbons (Fsp3) is 0.0556. The minimum Gasteiger partial charge on any atom is -0.497 e. The molecule has 1 heterocycles. The summed E-state index contributed by atoms with van der Waals surface area (Å²) in [6.45, 7) is 0. The first-order chi connectivity index (χ1) is 11.6. The van der Waals surface area contributed by atoms with Gasteiger partial charge in [0.05, 0.1) is 12.0 Å².